The lowest BCUT2D eigenvalue weighted by Crippen LogP contribution is -2.21. The summed E-state index contributed by atoms with van der Waals surface area (Å²) < 4.78 is 5.67. The quantitative estimate of drug-likeness (QED) is 0.809. The number of carbonyl (C=O) groups is 1. The van der Waals surface area contributed by atoms with Crippen molar-refractivity contribution >= 4 is 17.3 Å². The van der Waals surface area contributed by atoms with Crippen LogP contribution in [0.2, 0.25) is 0 Å². The largest absolute Gasteiger partial charge is 0.480 e. The minimum absolute atomic E-state index is 0.0137. The number of ether oxygens (including phenoxy) is 1. The van der Waals surface area contributed by atoms with Gasteiger partial charge >= 0.3 is 5.97 Å². The van der Waals surface area contributed by atoms with E-state index in [-0.39, 0.29) is 6.10 Å². The Bertz CT molecular complexity index is 403. The molecule has 0 bridgehead atoms. The second-order valence-corrected chi connectivity index (χ2v) is 5.03. The zero-order valence-electron chi connectivity index (χ0n) is 9.63. The molecular formula is C11H16N2O3S. The van der Waals surface area contributed by atoms with Crippen molar-refractivity contribution in [1.29, 1.82) is 0 Å². The maximum Gasteiger partial charge on any atom is 0.326 e. The first kappa shape index (κ1) is 12.5. The smallest absolute Gasteiger partial charge is 0.326 e. The summed E-state index contributed by atoms with van der Waals surface area (Å²) in [6, 6.07) is -1.04. The fourth-order valence-corrected chi connectivity index (χ4v) is 2.68. The lowest BCUT2D eigenvalue weighted by Gasteiger charge is -2.13. The highest BCUT2D eigenvalue weighted by atomic mass is 32.1. The van der Waals surface area contributed by atoms with E-state index >= 15 is 0 Å². The summed E-state index contributed by atoms with van der Waals surface area (Å²) in [6.07, 6.45) is 2.33. The van der Waals surface area contributed by atoms with Gasteiger partial charge in [-0.25, -0.2) is 4.98 Å². The Morgan fingerprint density at radius 2 is 2.47 bits per heavy atom. The van der Waals surface area contributed by atoms with Crippen molar-refractivity contribution in [2.24, 2.45) is 11.7 Å². The van der Waals surface area contributed by atoms with E-state index in [2.05, 4.69) is 4.98 Å². The molecule has 1 aromatic heterocycles. The fourth-order valence-electron chi connectivity index (χ4n) is 1.69. The molecule has 0 aromatic carbocycles. The number of aliphatic carboxylic acids is 1. The van der Waals surface area contributed by atoms with E-state index in [1.807, 2.05) is 6.92 Å². The van der Waals surface area contributed by atoms with Crippen LogP contribution in [0.15, 0.2) is 5.38 Å². The standard InChI is InChI=1S/C11H16N2O3S/c1-2-16-9(6-3-4-6)10-13-7(5-17-10)8(12)11(14)15/h5-6,8-9H,2-4,12H2,1H3,(H,14,15). The third-order valence-electron chi connectivity index (χ3n) is 2.76. The molecule has 0 radical (unpaired) electrons. The molecular weight excluding hydrogens is 240 g/mol. The third kappa shape index (κ3) is 2.83. The Kier molecular flexibility index (Phi) is 3.76. The monoisotopic (exact) mass is 256 g/mol. The van der Waals surface area contributed by atoms with Crippen LogP contribution in [0.4, 0.5) is 0 Å². The average Bonchev–Trinajstić information content (AvgIpc) is 3.02. The topological polar surface area (TPSA) is 85.4 Å². The van der Waals surface area contributed by atoms with Gasteiger partial charge in [-0.15, -0.1) is 11.3 Å². The maximum atomic E-state index is 10.8. The van der Waals surface area contributed by atoms with Gasteiger partial charge in [0.1, 0.15) is 17.2 Å². The summed E-state index contributed by atoms with van der Waals surface area (Å²) in [5.41, 5.74) is 5.94. The molecule has 1 aliphatic carbocycles. The van der Waals surface area contributed by atoms with Gasteiger partial charge in [-0.2, -0.15) is 0 Å². The number of carboxylic acids is 1. The summed E-state index contributed by atoms with van der Waals surface area (Å²) in [5, 5.41) is 11.4. The van der Waals surface area contributed by atoms with Gasteiger partial charge in [0.25, 0.3) is 0 Å². The molecule has 2 rings (SSSR count). The van der Waals surface area contributed by atoms with Crippen molar-refractivity contribution in [1.82, 2.24) is 4.98 Å². The van der Waals surface area contributed by atoms with Crippen molar-refractivity contribution in [2.75, 3.05) is 6.61 Å². The predicted octanol–water partition coefficient (Wildman–Crippen LogP) is 1.72. The summed E-state index contributed by atoms with van der Waals surface area (Å²) in [7, 11) is 0. The molecule has 0 amide bonds. The maximum absolute atomic E-state index is 10.8. The van der Waals surface area contributed by atoms with Crippen molar-refractivity contribution < 1.29 is 14.6 Å². The van der Waals surface area contributed by atoms with Crippen LogP contribution in [-0.4, -0.2) is 22.7 Å². The Morgan fingerprint density at radius 1 is 1.76 bits per heavy atom. The van der Waals surface area contributed by atoms with Crippen molar-refractivity contribution in [3.05, 3.63) is 16.1 Å². The average molecular weight is 256 g/mol. The normalized spacial score (nSPS) is 18.9. The fraction of sp³-hybridized carbons (Fsp3) is 0.636. The first-order valence-electron chi connectivity index (χ1n) is 5.68. The number of rotatable bonds is 6. The van der Waals surface area contributed by atoms with E-state index in [1.165, 1.54) is 11.3 Å². The van der Waals surface area contributed by atoms with Crippen molar-refractivity contribution in [3.8, 4) is 0 Å². The molecule has 6 heteroatoms. The molecule has 1 heterocycles. The minimum Gasteiger partial charge on any atom is -0.480 e. The van der Waals surface area contributed by atoms with Crippen LogP contribution < -0.4 is 5.73 Å². The number of aromatic nitrogens is 1. The molecule has 3 N–H and O–H groups in total. The van der Waals surface area contributed by atoms with Gasteiger partial charge in [0.2, 0.25) is 0 Å². The van der Waals surface area contributed by atoms with Gasteiger partial charge in [0, 0.05) is 12.0 Å². The van der Waals surface area contributed by atoms with E-state index in [1.54, 1.807) is 5.38 Å². The van der Waals surface area contributed by atoms with E-state index in [0.29, 0.717) is 18.2 Å². The highest BCUT2D eigenvalue weighted by molar-refractivity contribution is 7.09. The minimum atomic E-state index is -1.05. The summed E-state index contributed by atoms with van der Waals surface area (Å²) >= 11 is 1.43. The van der Waals surface area contributed by atoms with E-state index in [4.69, 9.17) is 15.6 Å². The lowest BCUT2D eigenvalue weighted by atomic mass is 10.2. The van der Waals surface area contributed by atoms with Crippen LogP contribution in [0, 0.1) is 5.92 Å². The van der Waals surface area contributed by atoms with Gasteiger partial charge in [0.05, 0.1) is 5.69 Å². The van der Waals surface area contributed by atoms with Crippen LogP contribution >= 0.6 is 11.3 Å². The summed E-state index contributed by atoms with van der Waals surface area (Å²) in [5.74, 6) is -0.517. The zero-order valence-corrected chi connectivity index (χ0v) is 10.4. The molecule has 17 heavy (non-hydrogen) atoms. The van der Waals surface area contributed by atoms with Crippen LogP contribution in [0.3, 0.4) is 0 Å². The molecule has 0 aliphatic heterocycles. The molecule has 1 fully saturated rings. The highest BCUT2D eigenvalue weighted by Gasteiger charge is 2.35. The lowest BCUT2D eigenvalue weighted by molar-refractivity contribution is -0.138. The Hall–Kier alpha value is -0.980. The summed E-state index contributed by atoms with van der Waals surface area (Å²) in [4.78, 5) is 15.1. The Morgan fingerprint density at radius 3 is 3.00 bits per heavy atom. The zero-order chi connectivity index (χ0) is 12.4. The molecule has 0 spiro atoms. The van der Waals surface area contributed by atoms with Crippen LogP contribution in [0.25, 0.3) is 0 Å². The van der Waals surface area contributed by atoms with Gasteiger partial charge in [0.15, 0.2) is 0 Å². The number of hydrogen-bond acceptors (Lipinski definition) is 5. The van der Waals surface area contributed by atoms with Gasteiger partial charge < -0.3 is 15.6 Å². The van der Waals surface area contributed by atoms with Gasteiger partial charge in [-0.3, -0.25) is 4.79 Å². The Balaban J connectivity index is 2.12. The molecule has 2 unspecified atom stereocenters. The summed E-state index contributed by atoms with van der Waals surface area (Å²) in [6.45, 7) is 2.59. The van der Waals surface area contributed by atoms with E-state index in [0.717, 1.165) is 17.8 Å². The highest BCUT2D eigenvalue weighted by Crippen LogP contribution is 2.44. The van der Waals surface area contributed by atoms with E-state index < -0.39 is 12.0 Å². The molecule has 2 atom stereocenters. The van der Waals surface area contributed by atoms with Gasteiger partial charge in [-0.1, -0.05) is 0 Å². The van der Waals surface area contributed by atoms with Gasteiger partial charge in [-0.05, 0) is 25.7 Å². The van der Waals surface area contributed by atoms with E-state index in [9.17, 15) is 4.79 Å². The first-order chi connectivity index (χ1) is 8.13. The second kappa shape index (κ2) is 5.12. The molecule has 1 aliphatic rings. The predicted molar refractivity (Wildman–Crippen MR) is 63.8 cm³/mol. The number of nitrogens with zero attached hydrogens (tertiary/aromatic N) is 1. The molecule has 0 saturated heterocycles. The SMILES string of the molecule is CCOC(c1nc(C(N)C(=O)O)cs1)C1CC1. The number of nitrogens with two attached hydrogens (primary N) is 1. The van der Waals surface area contributed by atoms with Crippen molar-refractivity contribution in [3.63, 3.8) is 0 Å². The first-order valence-corrected chi connectivity index (χ1v) is 6.56. The molecule has 94 valence electrons. The third-order valence-corrected chi connectivity index (χ3v) is 3.69. The number of hydrogen-bond donors (Lipinski definition) is 2. The van der Waals surface area contributed by atoms with Crippen LogP contribution in [0.5, 0.6) is 0 Å². The molecule has 1 saturated carbocycles. The molecule has 5 nitrogen and oxygen atoms in total. The number of carboxylic acid groups (broad SMARTS) is 1. The van der Waals surface area contributed by atoms with Crippen LogP contribution in [0.1, 0.15) is 42.6 Å². The second-order valence-electron chi connectivity index (χ2n) is 4.14. The van der Waals surface area contributed by atoms with Crippen LogP contribution in [-0.2, 0) is 9.53 Å². The Labute approximate surface area is 104 Å². The number of thiazole rings is 1. The van der Waals surface area contributed by atoms with Crippen molar-refractivity contribution in [2.45, 2.75) is 31.9 Å². The molecule has 1 aromatic rings.